The van der Waals surface area contributed by atoms with Crippen molar-refractivity contribution in [1.82, 2.24) is 9.88 Å². The van der Waals surface area contributed by atoms with Crippen molar-refractivity contribution < 1.29 is 9.90 Å². The monoisotopic (exact) mass is 496 g/mol. The van der Waals surface area contributed by atoms with Gasteiger partial charge in [0, 0.05) is 56.8 Å². The second-order valence-electron chi connectivity index (χ2n) is 8.13. The third-order valence-electron chi connectivity index (χ3n) is 6.13. The summed E-state index contributed by atoms with van der Waals surface area (Å²) in [6.45, 7) is 0. The van der Waals surface area contributed by atoms with Crippen LogP contribution < -0.4 is 0 Å². The third-order valence-corrected chi connectivity index (χ3v) is 6.87. The summed E-state index contributed by atoms with van der Waals surface area (Å²) in [4.78, 5) is 18.2. The Hall–Kier alpha value is -2.76. The van der Waals surface area contributed by atoms with Crippen LogP contribution in [0.25, 0.3) is 22.0 Å². The summed E-state index contributed by atoms with van der Waals surface area (Å²) in [6, 6.07) is 19.9. The number of amides is 1. The van der Waals surface area contributed by atoms with E-state index in [1.807, 2.05) is 36.4 Å². The predicted octanol–water partition coefficient (Wildman–Crippen LogP) is 6.44. The lowest BCUT2D eigenvalue weighted by Crippen LogP contribution is -2.47. The Morgan fingerprint density at radius 2 is 1.52 bits per heavy atom. The van der Waals surface area contributed by atoms with Crippen LogP contribution in [0.2, 0.25) is 15.1 Å². The van der Waals surface area contributed by atoms with E-state index in [0.717, 1.165) is 16.5 Å². The molecular weight excluding hydrogens is 479 g/mol. The van der Waals surface area contributed by atoms with Gasteiger partial charge in [-0.15, -0.1) is 0 Å². The van der Waals surface area contributed by atoms with Gasteiger partial charge in [-0.25, -0.2) is 0 Å². The van der Waals surface area contributed by atoms with Crippen molar-refractivity contribution in [3.05, 3.63) is 105 Å². The fraction of sp³-hybridized carbons (Fsp3) is 0.115. The van der Waals surface area contributed by atoms with Crippen LogP contribution in [0.4, 0.5) is 0 Å². The number of hydrogen-bond donors (Lipinski definition) is 2. The van der Waals surface area contributed by atoms with Crippen molar-refractivity contribution in [1.29, 1.82) is 0 Å². The number of carbonyl (C=O) groups excluding carboxylic acids is 1. The van der Waals surface area contributed by atoms with Crippen LogP contribution in [0.5, 0.6) is 0 Å². The number of H-pyrrole nitrogens is 1. The molecule has 1 amide bonds. The van der Waals surface area contributed by atoms with Gasteiger partial charge in [0.1, 0.15) is 0 Å². The Morgan fingerprint density at radius 1 is 0.909 bits per heavy atom. The smallest absolute Gasteiger partial charge is 0.257 e. The van der Waals surface area contributed by atoms with Crippen LogP contribution in [-0.4, -0.2) is 33.7 Å². The fourth-order valence-corrected chi connectivity index (χ4v) is 4.88. The summed E-state index contributed by atoms with van der Waals surface area (Å²) in [5, 5.41) is 14.7. The molecule has 0 radical (unpaired) electrons. The van der Waals surface area contributed by atoms with E-state index in [-0.39, 0.29) is 12.3 Å². The molecular formula is C26H19Cl3N2O2. The number of nitrogens with one attached hydrogen (secondary N) is 1. The Kier molecular flexibility index (Phi) is 5.50. The normalized spacial score (nSPS) is 18.6. The number of aliphatic hydroxyl groups is 1. The van der Waals surface area contributed by atoms with Gasteiger partial charge in [0.15, 0.2) is 5.72 Å². The molecule has 2 heterocycles. The molecule has 0 fully saturated rings. The van der Waals surface area contributed by atoms with Crippen molar-refractivity contribution in [2.45, 2.75) is 12.1 Å². The Bertz CT molecular complexity index is 1410. The lowest BCUT2D eigenvalue weighted by atomic mass is 9.87. The minimum atomic E-state index is -1.58. The molecule has 1 aromatic heterocycles. The minimum absolute atomic E-state index is 0.196. The highest BCUT2D eigenvalue weighted by Crippen LogP contribution is 2.47. The fourth-order valence-electron chi connectivity index (χ4n) is 4.45. The van der Waals surface area contributed by atoms with E-state index in [1.54, 1.807) is 43.6 Å². The summed E-state index contributed by atoms with van der Waals surface area (Å²) in [7, 11) is 1.62. The van der Waals surface area contributed by atoms with Gasteiger partial charge < -0.3 is 15.0 Å². The minimum Gasteiger partial charge on any atom is -0.366 e. The maximum atomic E-state index is 13.6. The number of hydrogen-bond acceptors (Lipinski definition) is 2. The van der Waals surface area contributed by atoms with Crippen LogP contribution in [0, 0.1) is 0 Å². The van der Waals surface area contributed by atoms with Gasteiger partial charge in [-0.3, -0.25) is 4.79 Å². The number of carbonyl (C=O) groups is 1. The molecule has 33 heavy (non-hydrogen) atoms. The Morgan fingerprint density at radius 3 is 2.18 bits per heavy atom. The Labute approximate surface area is 206 Å². The molecule has 1 aliphatic rings. The zero-order chi connectivity index (χ0) is 23.3. The van der Waals surface area contributed by atoms with Crippen molar-refractivity contribution in [2.75, 3.05) is 7.05 Å². The molecule has 5 rings (SSSR count). The average molecular weight is 498 g/mol. The lowest BCUT2D eigenvalue weighted by Gasteiger charge is -2.34. The predicted molar refractivity (Wildman–Crippen MR) is 134 cm³/mol. The standard InChI is InChI=1S/C26H19Cl3N2O2/c1-31-25(32)23(21-14-30-22-12-19(29)10-11-20(21)22)24(16-4-8-18(28)9-5-16)26(31,33)13-15-2-6-17(27)7-3-15/h2-12,14,30,33H,13H2,1H3. The number of nitrogens with zero attached hydrogens (tertiary/aromatic N) is 1. The molecule has 4 nitrogen and oxygen atoms in total. The number of likely N-dealkylation sites (N-methyl/N-ethyl adjacent to an activating group) is 1. The Balaban J connectivity index is 1.76. The van der Waals surface area contributed by atoms with Crippen LogP contribution in [-0.2, 0) is 11.2 Å². The topological polar surface area (TPSA) is 56.3 Å². The third kappa shape index (κ3) is 3.73. The summed E-state index contributed by atoms with van der Waals surface area (Å²) in [6.07, 6.45) is 1.98. The van der Waals surface area contributed by atoms with Crippen molar-refractivity contribution in [3.63, 3.8) is 0 Å². The molecule has 3 aromatic carbocycles. The van der Waals surface area contributed by atoms with Gasteiger partial charge in [0.2, 0.25) is 0 Å². The van der Waals surface area contributed by atoms with E-state index in [4.69, 9.17) is 34.8 Å². The molecule has 7 heteroatoms. The van der Waals surface area contributed by atoms with E-state index in [1.165, 1.54) is 4.90 Å². The van der Waals surface area contributed by atoms with E-state index < -0.39 is 5.72 Å². The van der Waals surface area contributed by atoms with Gasteiger partial charge in [-0.1, -0.05) is 65.1 Å². The number of aromatic amines is 1. The second-order valence-corrected chi connectivity index (χ2v) is 9.44. The number of halogens is 3. The number of aromatic nitrogens is 1. The number of rotatable bonds is 4. The first kappa shape index (κ1) is 22.1. The highest BCUT2D eigenvalue weighted by molar-refractivity contribution is 6.35. The zero-order valence-corrected chi connectivity index (χ0v) is 19.8. The molecule has 166 valence electrons. The highest BCUT2D eigenvalue weighted by atomic mass is 35.5. The number of benzene rings is 3. The maximum absolute atomic E-state index is 13.6. The molecule has 1 unspecified atom stereocenters. The van der Waals surface area contributed by atoms with Crippen LogP contribution in [0.15, 0.2) is 72.9 Å². The van der Waals surface area contributed by atoms with Crippen molar-refractivity contribution in [2.24, 2.45) is 0 Å². The van der Waals surface area contributed by atoms with Crippen LogP contribution >= 0.6 is 34.8 Å². The first-order valence-corrected chi connectivity index (χ1v) is 11.4. The second kappa shape index (κ2) is 8.23. The van der Waals surface area contributed by atoms with Crippen molar-refractivity contribution in [3.8, 4) is 0 Å². The highest BCUT2D eigenvalue weighted by Gasteiger charge is 2.49. The van der Waals surface area contributed by atoms with Gasteiger partial charge in [-0.2, -0.15) is 0 Å². The largest absolute Gasteiger partial charge is 0.366 e. The van der Waals surface area contributed by atoms with E-state index >= 15 is 0 Å². The maximum Gasteiger partial charge on any atom is 0.257 e. The molecule has 1 aliphatic heterocycles. The van der Waals surface area contributed by atoms with Gasteiger partial charge in [-0.05, 0) is 47.5 Å². The summed E-state index contributed by atoms with van der Waals surface area (Å²) in [5.41, 5.74) is 2.46. The summed E-state index contributed by atoms with van der Waals surface area (Å²) >= 11 is 18.3. The molecule has 4 aromatic rings. The molecule has 0 saturated heterocycles. The molecule has 0 saturated carbocycles. The van der Waals surface area contributed by atoms with Gasteiger partial charge in [0.05, 0.1) is 5.57 Å². The SMILES string of the molecule is CN1C(=O)C(c2c[nH]c3cc(Cl)ccc23)=C(c2ccc(Cl)cc2)C1(O)Cc1ccc(Cl)cc1. The quantitative estimate of drug-likeness (QED) is 0.341. The summed E-state index contributed by atoms with van der Waals surface area (Å²) in [5.74, 6) is -0.271. The molecule has 0 aliphatic carbocycles. The number of fused-ring (bicyclic) bond motifs is 1. The van der Waals surface area contributed by atoms with E-state index in [9.17, 15) is 9.90 Å². The van der Waals surface area contributed by atoms with Crippen LogP contribution in [0.1, 0.15) is 16.7 Å². The van der Waals surface area contributed by atoms with Gasteiger partial charge >= 0.3 is 0 Å². The van der Waals surface area contributed by atoms with E-state index in [2.05, 4.69) is 4.98 Å². The lowest BCUT2D eigenvalue weighted by molar-refractivity contribution is -0.136. The van der Waals surface area contributed by atoms with E-state index in [0.29, 0.717) is 37.3 Å². The molecule has 0 spiro atoms. The average Bonchev–Trinajstić information content (AvgIpc) is 3.28. The van der Waals surface area contributed by atoms with Crippen molar-refractivity contribution >= 4 is 62.8 Å². The van der Waals surface area contributed by atoms with Gasteiger partial charge in [0.25, 0.3) is 5.91 Å². The summed E-state index contributed by atoms with van der Waals surface area (Å²) < 4.78 is 0. The first-order valence-electron chi connectivity index (χ1n) is 10.3. The molecule has 0 bridgehead atoms. The zero-order valence-electron chi connectivity index (χ0n) is 17.6. The van der Waals surface area contributed by atoms with Crippen LogP contribution in [0.3, 0.4) is 0 Å². The molecule has 2 N–H and O–H groups in total. The first-order chi connectivity index (χ1) is 15.8. The molecule has 1 atom stereocenters.